The SMILES string of the molecule is O=C(CCNC(=O)CNC(=O)c1ccc(-c2ccccc2)cc1)NO. The molecule has 0 fully saturated rings. The zero-order chi connectivity index (χ0) is 18.1. The van der Waals surface area contributed by atoms with Gasteiger partial charge < -0.3 is 10.6 Å². The zero-order valence-corrected chi connectivity index (χ0v) is 13.5. The molecule has 130 valence electrons. The van der Waals surface area contributed by atoms with E-state index in [-0.39, 0.29) is 25.4 Å². The van der Waals surface area contributed by atoms with E-state index in [4.69, 9.17) is 5.21 Å². The highest BCUT2D eigenvalue weighted by Gasteiger charge is 2.08. The molecule has 2 rings (SSSR count). The summed E-state index contributed by atoms with van der Waals surface area (Å²) < 4.78 is 0. The van der Waals surface area contributed by atoms with E-state index < -0.39 is 11.8 Å². The summed E-state index contributed by atoms with van der Waals surface area (Å²) in [5.41, 5.74) is 3.97. The van der Waals surface area contributed by atoms with Gasteiger partial charge in [0.05, 0.1) is 6.54 Å². The standard InChI is InChI=1S/C18H19N3O4/c22-16(21-25)10-11-19-17(23)12-20-18(24)15-8-6-14(7-9-15)13-4-2-1-3-5-13/h1-9,25H,10-12H2,(H,19,23)(H,20,24)(H,21,22). The third kappa shape index (κ3) is 5.74. The van der Waals surface area contributed by atoms with Gasteiger partial charge in [-0.05, 0) is 23.3 Å². The highest BCUT2D eigenvalue weighted by atomic mass is 16.5. The van der Waals surface area contributed by atoms with E-state index in [9.17, 15) is 14.4 Å². The van der Waals surface area contributed by atoms with E-state index in [0.717, 1.165) is 11.1 Å². The molecule has 3 amide bonds. The largest absolute Gasteiger partial charge is 0.354 e. The topological polar surface area (TPSA) is 108 Å². The molecule has 0 aliphatic heterocycles. The summed E-state index contributed by atoms with van der Waals surface area (Å²) in [6.45, 7) is -0.118. The normalized spacial score (nSPS) is 9.96. The molecule has 0 bridgehead atoms. The number of hydroxylamine groups is 1. The minimum Gasteiger partial charge on any atom is -0.354 e. The first kappa shape index (κ1) is 18.2. The van der Waals surface area contributed by atoms with E-state index in [1.54, 1.807) is 12.1 Å². The van der Waals surface area contributed by atoms with Gasteiger partial charge in [0.15, 0.2) is 0 Å². The van der Waals surface area contributed by atoms with Gasteiger partial charge in [-0.15, -0.1) is 0 Å². The minimum atomic E-state index is -0.595. The van der Waals surface area contributed by atoms with Gasteiger partial charge in [0.25, 0.3) is 5.91 Å². The molecule has 0 aliphatic rings. The Morgan fingerprint density at radius 1 is 0.800 bits per heavy atom. The van der Waals surface area contributed by atoms with Gasteiger partial charge in [-0.2, -0.15) is 0 Å². The monoisotopic (exact) mass is 341 g/mol. The molecule has 0 heterocycles. The molecule has 0 unspecified atom stereocenters. The van der Waals surface area contributed by atoms with E-state index in [1.165, 1.54) is 5.48 Å². The highest BCUT2D eigenvalue weighted by Crippen LogP contribution is 2.19. The van der Waals surface area contributed by atoms with E-state index in [1.807, 2.05) is 42.5 Å². The van der Waals surface area contributed by atoms with Crippen LogP contribution in [0.1, 0.15) is 16.8 Å². The molecule has 2 aromatic rings. The molecule has 2 aromatic carbocycles. The maximum atomic E-state index is 12.0. The van der Waals surface area contributed by atoms with Crippen molar-refractivity contribution in [3.05, 3.63) is 60.2 Å². The Kier molecular flexibility index (Phi) is 6.67. The van der Waals surface area contributed by atoms with Gasteiger partial charge in [0.2, 0.25) is 11.8 Å². The first-order valence-electron chi connectivity index (χ1n) is 7.73. The molecular formula is C18H19N3O4. The molecule has 4 N–H and O–H groups in total. The van der Waals surface area contributed by atoms with Crippen molar-refractivity contribution >= 4 is 17.7 Å². The lowest BCUT2D eigenvalue weighted by atomic mass is 10.0. The molecule has 0 spiro atoms. The van der Waals surface area contributed by atoms with Crippen molar-refractivity contribution in [3.8, 4) is 11.1 Å². The lowest BCUT2D eigenvalue weighted by molar-refractivity contribution is -0.129. The second-order valence-corrected chi connectivity index (χ2v) is 5.26. The summed E-state index contributed by atoms with van der Waals surface area (Å²) in [5.74, 6) is -1.37. The summed E-state index contributed by atoms with van der Waals surface area (Å²) >= 11 is 0. The molecule has 0 saturated heterocycles. The van der Waals surface area contributed by atoms with Crippen molar-refractivity contribution in [3.63, 3.8) is 0 Å². The lowest BCUT2D eigenvalue weighted by Crippen LogP contribution is -2.38. The van der Waals surface area contributed by atoms with Crippen LogP contribution in [0.3, 0.4) is 0 Å². The summed E-state index contributed by atoms with van der Waals surface area (Å²) in [4.78, 5) is 34.4. The van der Waals surface area contributed by atoms with Crippen LogP contribution < -0.4 is 16.1 Å². The molecule has 25 heavy (non-hydrogen) atoms. The van der Waals surface area contributed by atoms with Gasteiger partial charge in [0.1, 0.15) is 0 Å². The fourth-order valence-electron chi connectivity index (χ4n) is 2.14. The Bertz CT molecular complexity index is 730. The Labute approximate surface area is 145 Å². The van der Waals surface area contributed by atoms with Crippen LogP contribution in [0.5, 0.6) is 0 Å². The molecule has 0 aromatic heterocycles. The van der Waals surface area contributed by atoms with E-state index in [2.05, 4.69) is 10.6 Å². The van der Waals surface area contributed by atoms with E-state index >= 15 is 0 Å². The van der Waals surface area contributed by atoms with Crippen LogP contribution in [-0.4, -0.2) is 36.0 Å². The third-order valence-electron chi connectivity index (χ3n) is 3.46. The number of hydrogen-bond donors (Lipinski definition) is 4. The smallest absolute Gasteiger partial charge is 0.251 e. The third-order valence-corrected chi connectivity index (χ3v) is 3.46. The summed E-state index contributed by atoms with van der Waals surface area (Å²) in [6.07, 6.45) is -0.0445. The minimum absolute atomic E-state index is 0.0445. The molecule has 7 nitrogen and oxygen atoms in total. The Morgan fingerprint density at radius 2 is 1.44 bits per heavy atom. The van der Waals surface area contributed by atoms with Gasteiger partial charge in [-0.1, -0.05) is 42.5 Å². The van der Waals surface area contributed by atoms with Crippen molar-refractivity contribution < 1.29 is 19.6 Å². The summed E-state index contributed by atoms with van der Waals surface area (Å²) in [6, 6.07) is 16.9. The van der Waals surface area contributed by atoms with Gasteiger partial charge in [0, 0.05) is 18.5 Å². The molecule has 7 heteroatoms. The molecule has 0 aliphatic carbocycles. The fourth-order valence-corrected chi connectivity index (χ4v) is 2.14. The van der Waals surface area contributed by atoms with Crippen molar-refractivity contribution in [1.82, 2.24) is 16.1 Å². The summed E-state index contributed by atoms with van der Waals surface area (Å²) in [5, 5.41) is 13.3. The van der Waals surface area contributed by atoms with Crippen molar-refractivity contribution in [2.75, 3.05) is 13.1 Å². The van der Waals surface area contributed by atoms with Gasteiger partial charge in [-0.25, -0.2) is 5.48 Å². The lowest BCUT2D eigenvalue weighted by Gasteiger charge is -2.07. The predicted molar refractivity (Wildman–Crippen MR) is 91.8 cm³/mol. The number of rotatable bonds is 7. The van der Waals surface area contributed by atoms with Gasteiger partial charge in [-0.3, -0.25) is 19.6 Å². The van der Waals surface area contributed by atoms with Crippen molar-refractivity contribution in [1.29, 1.82) is 0 Å². The van der Waals surface area contributed by atoms with Crippen LogP contribution in [-0.2, 0) is 9.59 Å². The van der Waals surface area contributed by atoms with E-state index in [0.29, 0.717) is 5.56 Å². The maximum Gasteiger partial charge on any atom is 0.251 e. The summed E-state index contributed by atoms with van der Waals surface area (Å²) in [7, 11) is 0. The number of benzene rings is 2. The van der Waals surface area contributed by atoms with Crippen molar-refractivity contribution in [2.24, 2.45) is 0 Å². The first-order chi connectivity index (χ1) is 12.1. The number of carbonyl (C=O) groups is 3. The molecule has 0 atom stereocenters. The van der Waals surface area contributed by atoms with Crippen LogP contribution in [0.15, 0.2) is 54.6 Å². The Hall–Kier alpha value is -3.19. The molecular weight excluding hydrogens is 322 g/mol. The van der Waals surface area contributed by atoms with Crippen LogP contribution in [0.25, 0.3) is 11.1 Å². The first-order valence-corrected chi connectivity index (χ1v) is 7.73. The Morgan fingerprint density at radius 3 is 2.08 bits per heavy atom. The molecule has 0 radical (unpaired) electrons. The Balaban J connectivity index is 1.81. The number of carbonyl (C=O) groups excluding carboxylic acids is 3. The van der Waals surface area contributed by atoms with Crippen LogP contribution in [0.2, 0.25) is 0 Å². The average Bonchev–Trinajstić information content (AvgIpc) is 2.66. The number of amides is 3. The predicted octanol–water partition coefficient (Wildman–Crippen LogP) is 1.10. The quantitative estimate of drug-likeness (QED) is 0.447. The average molecular weight is 341 g/mol. The maximum absolute atomic E-state index is 12.0. The van der Waals surface area contributed by atoms with Gasteiger partial charge >= 0.3 is 0 Å². The van der Waals surface area contributed by atoms with Crippen molar-refractivity contribution in [2.45, 2.75) is 6.42 Å². The molecule has 0 saturated carbocycles. The van der Waals surface area contributed by atoms with Crippen LogP contribution >= 0.6 is 0 Å². The zero-order valence-electron chi connectivity index (χ0n) is 13.5. The number of nitrogens with one attached hydrogen (secondary N) is 3. The number of hydrogen-bond acceptors (Lipinski definition) is 4. The van der Waals surface area contributed by atoms with Crippen LogP contribution in [0, 0.1) is 0 Å². The second kappa shape index (κ2) is 9.19. The van der Waals surface area contributed by atoms with Crippen LogP contribution in [0.4, 0.5) is 0 Å². The highest BCUT2D eigenvalue weighted by molar-refractivity contribution is 5.96. The second-order valence-electron chi connectivity index (χ2n) is 5.26. The fraction of sp³-hybridized carbons (Fsp3) is 0.167.